The molecule has 22 heavy (non-hydrogen) atoms. The predicted octanol–water partition coefficient (Wildman–Crippen LogP) is 2.57. The molecule has 5 nitrogen and oxygen atoms in total. The SMILES string of the molecule is O=C(C[C@]1(O)C(=O)Nc2ccc(Br)cc21)c1ccccc1O. The van der Waals surface area contributed by atoms with Crippen molar-refractivity contribution in [2.45, 2.75) is 12.0 Å². The number of hydrogen-bond acceptors (Lipinski definition) is 4. The van der Waals surface area contributed by atoms with E-state index in [1.165, 1.54) is 12.1 Å². The van der Waals surface area contributed by atoms with E-state index in [1.807, 2.05) is 0 Å². The Bertz CT molecular complexity index is 789. The Kier molecular flexibility index (Phi) is 3.50. The van der Waals surface area contributed by atoms with Crippen molar-refractivity contribution >= 4 is 33.3 Å². The highest BCUT2D eigenvalue weighted by molar-refractivity contribution is 9.10. The summed E-state index contributed by atoms with van der Waals surface area (Å²) in [4.78, 5) is 24.5. The second-order valence-electron chi connectivity index (χ2n) is 5.12. The Morgan fingerprint density at radius 2 is 1.95 bits per heavy atom. The predicted molar refractivity (Wildman–Crippen MR) is 83.7 cm³/mol. The van der Waals surface area contributed by atoms with Gasteiger partial charge in [-0.2, -0.15) is 0 Å². The third-order valence-electron chi connectivity index (χ3n) is 3.67. The van der Waals surface area contributed by atoms with Crippen molar-refractivity contribution in [3.8, 4) is 5.75 Å². The summed E-state index contributed by atoms with van der Waals surface area (Å²) in [5, 5.41) is 23.0. The standard InChI is InChI=1S/C16H12BrNO4/c17-9-5-6-12-11(7-9)16(22,15(21)18-12)8-14(20)10-3-1-2-4-13(10)19/h1-7,19,22H,8H2,(H,18,21)/t16-/m1/s1. The number of hydrogen-bond donors (Lipinski definition) is 3. The van der Waals surface area contributed by atoms with Gasteiger partial charge in [-0.25, -0.2) is 0 Å². The molecule has 0 aromatic heterocycles. The van der Waals surface area contributed by atoms with Gasteiger partial charge in [0.15, 0.2) is 11.4 Å². The lowest BCUT2D eigenvalue weighted by atomic mass is 9.88. The van der Waals surface area contributed by atoms with Crippen LogP contribution < -0.4 is 5.32 Å². The molecule has 1 aliphatic heterocycles. The molecule has 0 aliphatic carbocycles. The van der Waals surface area contributed by atoms with Crippen LogP contribution in [0.4, 0.5) is 5.69 Å². The average Bonchev–Trinajstić information content (AvgIpc) is 2.71. The van der Waals surface area contributed by atoms with Crippen LogP contribution in [-0.4, -0.2) is 21.9 Å². The Labute approximate surface area is 134 Å². The molecule has 1 heterocycles. The van der Waals surface area contributed by atoms with Crippen LogP contribution >= 0.6 is 15.9 Å². The van der Waals surface area contributed by atoms with Crippen molar-refractivity contribution in [1.29, 1.82) is 0 Å². The lowest BCUT2D eigenvalue weighted by molar-refractivity contribution is -0.133. The van der Waals surface area contributed by atoms with Gasteiger partial charge in [-0.05, 0) is 30.3 Å². The number of para-hydroxylation sites is 1. The molecule has 2 aromatic carbocycles. The van der Waals surface area contributed by atoms with E-state index < -0.39 is 23.7 Å². The Hall–Kier alpha value is -2.18. The van der Waals surface area contributed by atoms with Gasteiger partial charge < -0.3 is 15.5 Å². The van der Waals surface area contributed by atoms with E-state index in [4.69, 9.17) is 0 Å². The van der Waals surface area contributed by atoms with Gasteiger partial charge in [0.2, 0.25) is 0 Å². The molecule has 2 aromatic rings. The van der Waals surface area contributed by atoms with Crippen LogP contribution in [0.2, 0.25) is 0 Å². The van der Waals surface area contributed by atoms with E-state index in [1.54, 1.807) is 30.3 Å². The van der Waals surface area contributed by atoms with Crippen LogP contribution in [0.5, 0.6) is 5.75 Å². The van der Waals surface area contributed by atoms with Crippen LogP contribution in [0.3, 0.4) is 0 Å². The van der Waals surface area contributed by atoms with E-state index in [0.29, 0.717) is 15.7 Å². The third-order valence-corrected chi connectivity index (χ3v) is 4.17. The fraction of sp³-hybridized carbons (Fsp3) is 0.125. The van der Waals surface area contributed by atoms with Crippen molar-refractivity contribution in [2.75, 3.05) is 5.32 Å². The number of aliphatic hydroxyl groups is 1. The third kappa shape index (κ3) is 2.30. The molecule has 0 saturated carbocycles. The molecule has 1 atom stereocenters. The van der Waals surface area contributed by atoms with Crippen molar-refractivity contribution in [3.63, 3.8) is 0 Å². The van der Waals surface area contributed by atoms with Crippen molar-refractivity contribution in [1.82, 2.24) is 0 Å². The number of amides is 1. The number of carbonyl (C=O) groups excluding carboxylic acids is 2. The minimum atomic E-state index is -1.95. The first-order valence-electron chi connectivity index (χ1n) is 6.57. The molecule has 0 fully saturated rings. The minimum absolute atomic E-state index is 0.0761. The quantitative estimate of drug-likeness (QED) is 0.733. The van der Waals surface area contributed by atoms with Crippen LogP contribution in [0.15, 0.2) is 46.9 Å². The number of phenols is 1. The number of fused-ring (bicyclic) bond motifs is 1. The number of carbonyl (C=O) groups is 2. The number of aromatic hydroxyl groups is 1. The molecule has 1 aliphatic rings. The van der Waals surface area contributed by atoms with E-state index >= 15 is 0 Å². The zero-order valence-corrected chi connectivity index (χ0v) is 12.9. The highest BCUT2D eigenvalue weighted by Gasteiger charge is 2.47. The monoisotopic (exact) mass is 361 g/mol. The summed E-state index contributed by atoms with van der Waals surface area (Å²) in [6.07, 6.45) is -0.445. The van der Waals surface area contributed by atoms with Crippen LogP contribution in [0, 0.1) is 0 Å². The zero-order chi connectivity index (χ0) is 15.9. The summed E-state index contributed by atoms with van der Waals surface area (Å²) in [6, 6.07) is 11.0. The number of rotatable bonds is 3. The topological polar surface area (TPSA) is 86.6 Å². The number of benzene rings is 2. The first kappa shape index (κ1) is 14.7. The van der Waals surface area contributed by atoms with E-state index in [-0.39, 0.29) is 11.3 Å². The van der Waals surface area contributed by atoms with Gasteiger partial charge in [0.05, 0.1) is 12.0 Å². The smallest absolute Gasteiger partial charge is 0.261 e. The van der Waals surface area contributed by atoms with Crippen molar-refractivity contribution < 1.29 is 19.8 Å². The van der Waals surface area contributed by atoms with E-state index in [2.05, 4.69) is 21.2 Å². The van der Waals surface area contributed by atoms with Crippen molar-refractivity contribution in [2.24, 2.45) is 0 Å². The average molecular weight is 362 g/mol. The van der Waals surface area contributed by atoms with E-state index in [9.17, 15) is 19.8 Å². The summed E-state index contributed by atoms with van der Waals surface area (Å²) in [5.74, 6) is -1.34. The van der Waals surface area contributed by atoms with Crippen LogP contribution in [0.1, 0.15) is 22.3 Å². The number of anilines is 1. The minimum Gasteiger partial charge on any atom is -0.507 e. The lowest BCUT2D eigenvalue weighted by Crippen LogP contribution is -2.36. The molecule has 3 N–H and O–H groups in total. The molecule has 3 rings (SSSR count). The molecule has 0 saturated heterocycles. The molecular formula is C16H12BrNO4. The van der Waals surface area contributed by atoms with E-state index in [0.717, 1.165) is 0 Å². The van der Waals surface area contributed by atoms with Gasteiger partial charge in [0.1, 0.15) is 5.75 Å². The van der Waals surface area contributed by atoms with Gasteiger partial charge in [0.25, 0.3) is 5.91 Å². The fourth-order valence-electron chi connectivity index (χ4n) is 2.53. The molecular weight excluding hydrogens is 350 g/mol. The normalized spacial score (nSPS) is 19.6. The van der Waals surface area contributed by atoms with Gasteiger partial charge in [-0.3, -0.25) is 9.59 Å². The molecule has 112 valence electrons. The maximum atomic E-state index is 12.4. The number of phenolic OH excluding ortho intramolecular Hbond substituents is 1. The number of Topliss-reactive ketones (excluding diaryl/α,β-unsaturated/α-hetero) is 1. The first-order chi connectivity index (χ1) is 10.4. The zero-order valence-electron chi connectivity index (χ0n) is 11.3. The van der Waals surface area contributed by atoms with Gasteiger partial charge in [0, 0.05) is 15.7 Å². The summed E-state index contributed by atoms with van der Waals surface area (Å²) in [5.41, 5.74) is -1.05. The summed E-state index contributed by atoms with van der Waals surface area (Å²) in [6.45, 7) is 0. The lowest BCUT2D eigenvalue weighted by Gasteiger charge is -2.20. The van der Waals surface area contributed by atoms with Crippen molar-refractivity contribution in [3.05, 3.63) is 58.1 Å². The molecule has 6 heteroatoms. The second-order valence-corrected chi connectivity index (χ2v) is 6.04. The van der Waals surface area contributed by atoms with Crippen LogP contribution in [-0.2, 0) is 10.4 Å². The summed E-state index contributed by atoms with van der Waals surface area (Å²) < 4.78 is 0.691. The highest BCUT2D eigenvalue weighted by Crippen LogP contribution is 2.40. The molecule has 0 unspecified atom stereocenters. The number of nitrogens with one attached hydrogen (secondary N) is 1. The second kappa shape index (κ2) is 5.23. The molecule has 0 bridgehead atoms. The first-order valence-corrected chi connectivity index (χ1v) is 7.36. The maximum absolute atomic E-state index is 12.4. The van der Waals surface area contributed by atoms with Gasteiger partial charge in [-0.15, -0.1) is 0 Å². The largest absolute Gasteiger partial charge is 0.507 e. The van der Waals surface area contributed by atoms with Crippen LogP contribution in [0.25, 0.3) is 0 Å². The molecule has 0 radical (unpaired) electrons. The molecule has 1 amide bonds. The fourth-order valence-corrected chi connectivity index (χ4v) is 2.89. The van der Waals surface area contributed by atoms with Gasteiger partial charge in [-0.1, -0.05) is 28.1 Å². The number of halogens is 1. The summed E-state index contributed by atoms with van der Waals surface area (Å²) in [7, 11) is 0. The maximum Gasteiger partial charge on any atom is 0.261 e. The summed E-state index contributed by atoms with van der Waals surface area (Å²) >= 11 is 3.28. The van der Waals surface area contributed by atoms with Gasteiger partial charge >= 0.3 is 0 Å². The Morgan fingerprint density at radius 3 is 2.68 bits per heavy atom. The highest BCUT2D eigenvalue weighted by atomic mass is 79.9. The number of ketones is 1. The Morgan fingerprint density at radius 1 is 1.23 bits per heavy atom. The molecule has 0 spiro atoms. The Balaban J connectivity index is 1.98.